The zero-order valence-electron chi connectivity index (χ0n) is 21.0. The van der Waals surface area contributed by atoms with E-state index in [0.29, 0.717) is 4.57 Å². The number of carbonyl (C=O) groups excluding carboxylic acids is 3. The van der Waals surface area contributed by atoms with Gasteiger partial charge in [-0.05, 0) is 31.9 Å². The van der Waals surface area contributed by atoms with Gasteiger partial charge in [-0.1, -0.05) is 24.6 Å². The van der Waals surface area contributed by atoms with E-state index in [1.54, 1.807) is 35.6 Å². The first-order chi connectivity index (χ1) is 18.4. The molecule has 2 aromatic rings. The number of alkyl halides is 3. The number of hydrogen-bond acceptors (Lipinski definition) is 8. The smallest absolute Gasteiger partial charge is 0.456 e. The number of esters is 1. The summed E-state index contributed by atoms with van der Waals surface area (Å²) < 4.78 is 49.3. The van der Waals surface area contributed by atoms with Crippen molar-refractivity contribution >= 4 is 17.8 Å². The lowest BCUT2D eigenvalue weighted by Gasteiger charge is -2.17. The molecular weight excluding hydrogens is 527 g/mol. The molecule has 2 N–H and O–H groups in total. The number of aliphatic hydroxyl groups is 1. The minimum absolute atomic E-state index is 0.0286. The number of hydrogen-bond donors (Lipinski definition) is 2. The van der Waals surface area contributed by atoms with Gasteiger partial charge in [0.25, 0.3) is 5.56 Å². The van der Waals surface area contributed by atoms with Crippen molar-refractivity contribution in [2.45, 2.75) is 63.6 Å². The molecule has 1 saturated heterocycles. The highest BCUT2D eigenvalue weighted by molar-refractivity contribution is 5.89. The number of carbonyl (C=O) groups is 3. The molecule has 1 aromatic carbocycles. The van der Waals surface area contributed by atoms with Crippen LogP contribution in [0.25, 0.3) is 0 Å². The lowest BCUT2D eigenvalue weighted by molar-refractivity contribution is -0.173. The normalized spacial score (nSPS) is 19.1. The van der Waals surface area contributed by atoms with Crippen molar-refractivity contribution in [1.29, 1.82) is 0 Å². The van der Waals surface area contributed by atoms with Crippen LogP contribution in [0.1, 0.15) is 59.0 Å². The number of unbranched alkanes of at least 4 members (excludes halogenated alkanes) is 2. The molecular formula is C25H28F3N3O8. The maximum absolute atomic E-state index is 13.1. The Balaban J connectivity index is 1.66. The van der Waals surface area contributed by atoms with Crippen LogP contribution < -0.4 is 16.6 Å². The van der Waals surface area contributed by atoms with E-state index in [1.807, 2.05) is 0 Å². The third-order valence-electron chi connectivity index (χ3n) is 6.08. The van der Waals surface area contributed by atoms with Gasteiger partial charge in [0, 0.05) is 31.1 Å². The Kier molecular flexibility index (Phi) is 9.81. The standard InChI is InChI=1S/C25H28F3N3O8/c1-15-13-30(20-12-17(18(14-32)38-20)39-22(35)16-8-4-2-5-9-16)24(37)31(21(15)34)19(33)10-6-3-7-11-29-23(36)25(26,27)28/h2,4-5,8-9,13,17-18,20,32H,3,6-7,10-12,14H2,1H3,(H,29,36)/t17-,18+,20+/m0/s1. The summed E-state index contributed by atoms with van der Waals surface area (Å²) in [6.45, 7) is 0.639. The van der Waals surface area contributed by atoms with E-state index < -0.39 is 60.3 Å². The predicted molar refractivity (Wildman–Crippen MR) is 129 cm³/mol. The summed E-state index contributed by atoms with van der Waals surface area (Å²) in [5.74, 6) is -3.52. The number of amides is 1. The zero-order valence-corrected chi connectivity index (χ0v) is 21.0. The summed E-state index contributed by atoms with van der Waals surface area (Å²) in [6.07, 6.45) is -6.36. The van der Waals surface area contributed by atoms with E-state index in [2.05, 4.69) is 0 Å². The average Bonchev–Trinajstić information content (AvgIpc) is 3.30. The van der Waals surface area contributed by atoms with Gasteiger partial charge in [-0.2, -0.15) is 17.7 Å². The molecule has 212 valence electrons. The molecule has 1 aliphatic heterocycles. The largest absolute Gasteiger partial charge is 0.471 e. The molecule has 3 atom stereocenters. The van der Waals surface area contributed by atoms with Gasteiger partial charge in [-0.15, -0.1) is 0 Å². The average molecular weight is 556 g/mol. The van der Waals surface area contributed by atoms with Crippen molar-refractivity contribution in [3.63, 3.8) is 0 Å². The van der Waals surface area contributed by atoms with E-state index in [0.717, 1.165) is 4.57 Å². The van der Waals surface area contributed by atoms with E-state index in [9.17, 15) is 42.3 Å². The number of aromatic nitrogens is 2. The molecule has 1 amide bonds. The maximum Gasteiger partial charge on any atom is 0.471 e. The monoisotopic (exact) mass is 555 g/mol. The molecule has 39 heavy (non-hydrogen) atoms. The van der Waals surface area contributed by atoms with Gasteiger partial charge in [-0.3, -0.25) is 19.0 Å². The highest BCUT2D eigenvalue weighted by Gasteiger charge is 2.40. The lowest BCUT2D eigenvalue weighted by atomic mass is 10.1. The van der Waals surface area contributed by atoms with Crippen molar-refractivity contribution in [3.05, 3.63) is 68.5 Å². The number of aliphatic hydroxyl groups excluding tert-OH is 1. The Hall–Kier alpha value is -3.78. The number of aryl methyl sites for hydroxylation is 1. The second-order valence-electron chi connectivity index (χ2n) is 8.96. The minimum atomic E-state index is -4.98. The molecule has 3 rings (SSSR count). The van der Waals surface area contributed by atoms with Crippen molar-refractivity contribution in [2.24, 2.45) is 0 Å². The molecule has 0 spiro atoms. The SMILES string of the molecule is Cc1cn([C@H]2C[C@H](OC(=O)c3ccccc3)[C@@H](CO)O2)c(=O)n(C(=O)CCCCCNC(=O)C(F)(F)F)c1=O. The van der Waals surface area contributed by atoms with Crippen LogP contribution >= 0.6 is 0 Å². The second kappa shape index (κ2) is 12.8. The summed E-state index contributed by atoms with van der Waals surface area (Å²) in [5, 5.41) is 11.5. The van der Waals surface area contributed by atoms with Crippen molar-refractivity contribution < 1.29 is 42.1 Å². The first-order valence-electron chi connectivity index (χ1n) is 12.2. The van der Waals surface area contributed by atoms with Crippen LogP contribution in [0, 0.1) is 6.92 Å². The highest BCUT2D eigenvalue weighted by Crippen LogP contribution is 2.30. The topological polar surface area (TPSA) is 146 Å². The van der Waals surface area contributed by atoms with Gasteiger partial charge in [0.1, 0.15) is 18.4 Å². The molecule has 14 heteroatoms. The molecule has 0 unspecified atom stereocenters. The minimum Gasteiger partial charge on any atom is -0.456 e. The quantitative estimate of drug-likeness (QED) is 0.333. The van der Waals surface area contributed by atoms with Crippen LogP contribution in [-0.2, 0) is 14.3 Å². The van der Waals surface area contributed by atoms with Gasteiger partial charge in [0.05, 0.1) is 12.2 Å². The van der Waals surface area contributed by atoms with Gasteiger partial charge < -0.3 is 19.9 Å². The van der Waals surface area contributed by atoms with Crippen LogP contribution in [0.3, 0.4) is 0 Å². The Bertz CT molecular complexity index is 1310. The van der Waals surface area contributed by atoms with Crippen molar-refractivity contribution in [1.82, 2.24) is 14.5 Å². The number of rotatable bonds is 10. The molecule has 0 radical (unpaired) electrons. The summed E-state index contributed by atoms with van der Waals surface area (Å²) in [4.78, 5) is 61.8. The first kappa shape index (κ1) is 29.8. The Labute approximate surface area is 220 Å². The van der Waals surface area contributed by atoms with Crippen LogP contribution in [0.15, 0.2) is 46.1 Å². The number of ether oxygens (including phenoxy) is 2. The number of nitrogens with one attached hydrogen (secondary N) is 1. The molecule has 0 bridgehead atoms. The molecule has 0 aliphatic carbocycles. The summed E-state index contributed by atoms with van der Waals surface area (Å²) in [5.41, 5.74) is -1.47. The summed E-state index contributed by atoms with van der Waals surface area (Å²) >= 11 is 0. The van der Waals surface area contributed by atoms with Gasteiger partial charge in [-0.25, -0.2) is 9.59 Å². The van der Waals surface area contributed by atoms with Gasteiger partial charge >= 0.3 is 23.7 Å². The van der Waals surface area contributed by atoms with E-state index in [-0.39, 0.29) is 49.8 Å². The van der Waals surface area contributed by atoms with Crippen LogP contribution in [0.2, 0.25) is 0 Å². The Morgan fingerprint density at radius 3 is 2.46 bits per heavy atom. The zero-order chi connectivity index (χ0) is 28.7. The van der Waals surface area contributed by atoms with Crippen molar-refractivity contribution in [3.8, 4) is 0 Å². The van der Waals surface area contributed by atoms with Crippen LogP contribution in [0.4, 0.5) is 13.2 Å². The van der Waals surface area contributed by atoms with E-state index in [1.165, 1.54) is 13.1 Å². The molecule has 1 aromatic heterocycles. The van der Waals surface area contributed by atoms with Crippen molar-refractivity contribution in [2.75, 3.05) is 13.2 Å². The van der Waals surface area contributed by atoms with E-state index in [4.69, 9.17) is 9.47 Å². The highest BCUT2D eigenvalue weighted by atomic mass is 19.4. The number of halogens is 3. The fraction of sp³-hybridized carbons (Fsp3) is 0.480. The fourth-order valence-electron chi connectivity index (χ4n) is 4.05. The molecule has 1 fully saturated rings. The predicted octanol–water partition coefficient (Wildman–Crippen LogP) is 1.70. The third-order valence-corrected chi connectivity index (χ3v) is 6.08. The summed E-state index contributed by atoms with van der Waals surface area (Å²) in [6, 6.07) is 8.14. The molecule has 2 heterocycles. The third kappa shape index (κ3) is 7.41. The van der Waals surface area contributed by atoms with Gasteiger partial charge in [0.2, 0.25) is 5.91 Å². The Morgan fingerprint density at radius 2 is 1.82 bits per heavy atom. The lowest BCUT2D eigenvalue weighted by Crippen LogP contribution is -2.45. The Morgan fingerprint density at radius 1 is 1.13 bits per heavy atom. The van der Waals surface area contributed by atoms with E-state index >= 15 is 0 Å². The van der Waals surface area contributed by atoms with Gasteiger partial charge in [0.15, 0.2) is 0 Å². The number of benzene rings is 1. The maximum atomic E-state index is 13.1. The summed E-state index contributed by atoms with van der Waals surface area (Å²) in [7, 11) is 0. The molecule has 11 nitrogen and oxygen atoms in total. The number of nitrogens with zero attached hydrogens (tertiary/aromatic N) is 2. The molecule has 1 aliphatic rings. The van der Waals surface area contributed by atoms with Crippen LogP contribution in [0.5, 0.6) is 0 Å². The molecule has 0 saturated carbocycles. The first-order valence-corrected chi connectivity index (χ1v) is 12.2. The second-order valence-corrected chi connectivity index (χ2v) is 8.96. The van der Waals surface area contributed by atoms with Crippen LogP contribution in [-0.4, -0.2) is 63.6 Å². The fourth-order valence-corrected chi connectivity index (χ4v) is 4.05.